The summed E-state index contributed by atoms with van der Waals surface area (Å²) in [6, 6.07) is 13.2. The summed E-state index contributed by atoms with van der Waals surface area (Å²) >= 11 is 6.05. The lowest BCUT2D eigenvalue weighted by Gasteiger charge is -2.38. The van der Waals surface area contributed by atoms with Gasteiger partial charge in [-0.25, -0.2) is 4.39 Å². The van der Waals surface area contributed by atoms with Gasteiger partial charge >= 0.3 is 0 Å². The number of nitrogens with one attached hydrogen (secondary N) is 1. The van der Waals surface area contributed by atoms with Gasteiger partial charge in [-0.15, -0.1) is 0 Å². The quantitative estimate of drug-likeness (QED) is 0.843. The highest BCUT2D eigenvalue weighted by Gasteiger charge is 2.35. The molecule has 1 aliphatic rings. The van der Waals surface area contributed by atoms with E-state index in [4.69, 9.17) is 16.3 Å². The van der Waals surface area contributed by atoms with Crippen LogP contribution in [0.5, 0.6) is 5.75 Å². The van der Waals surface area contributed by atoms with E-state index in [-0.39, 0.29) is 30.1 Å². The van der Waals surface area contributed by atoms with Gasteiger partial charge < -0.3 is 15.0 Å². The molecular weight excluding hydrogens is 359 g/mol. The van der Waals surface area contributed by atoms with Gasteiger partial charge in [-0.05, 0) is 23.8 Å². The molecule has 136 valence electrons. The van der Waals surface area contributed by atoms with Crippen molar-refractivity contribution < 1.29 is 18.7 Å². The Kier molecular flexibility index (Phi) is 5.73. The minimum Gasteiger partial charge on any atom is -0.481 e. The monoisotopic (exact) mass is 376 g/mol. The van der Waals surface area contributed by atoms with Gasteiger partial charge in [-0.1, -0.05) is 41.9 Å². The van der Waals surface area contributed by atoms with Crippen molar-refractivity contribution >= 4 is 23.4 Å². The minimum atomic E-state index is -0.513. The van der Waals surface area contributed by atoms with Crippen LogP contribution < -0.4 is 10.1 Å². The number of rotatable bonds is 6. The first-order chi connectivity index (χ1) is 12.5. The molecule has 0 saturated carbocycles. The van der Waals surface area contributed by atoms with Crippen molar-refractivity contribution in [1.82, 2.24) is 10.2 Å². The first kappa shape index (κ1) is 18.2. The smallest absolute Gasteiger partial charge is 0.260 e. The lowest BCUT2D eigenvalue weighted by molar-refractivity contribution is -0.144. The molecule has 5 nitrogen and oxygen atoms in total. The molecule has 0 bridgehead atoms. The van der Waals surface area contributed by atoms with Crippen LogP contribution in [-0.2, 0) is 16.1 Å². The maximum absolute atomic E-state index is 13.4. The van der Waals surface area contributed by atoms with Gasteiger partial charge in [0.25, 0.3) is 5.91 Å². The lowest BCUT2D eigenvalue weighted by Crippen LogP contribution is -2.56. The maximum Gasteiger partial charge on any atom is 0.260 e. The molecule has 1 saturated heterocycles. The Bertz CT molecular complexity index is 743. The molecule has 0 unspecified atom stereocenters. The molecule has 1 fully saturated rings. The highest BCUT2D eigenvalue weighted by molar-refractivity contribution is 6.31. The topological polar surface area (TPSA) is 58.6 Å². The van der Waals surface area contributed by atoms with Gasteiger partial charge in [-0.2, -0.15) is 0 Å². The Balaban J connectivity index is 1.40. The number of carbonyl (C=O) groups is 2. The first-order valence-electron chi connectivity index (χ1n) is 8.21. The van der Waals surface area contributed by atoms with E-state index in [2.05, 4.69) is 5.32 Å². The van der Waals surface area contributed by atoms with Gasteiger partial charge in [0.05, 0.1) is 5.92 Å². The Morgan fingerprint density at radius 2 is 1.85 bits per heavy atom. The van der Waals surface area contributed by atoms with Gasteiger partial charge in [0.1, 0.15) is 0 Å². The number of para-hydroxylation sites is 1. The van der Waals surface area contributed by atoms with Crippen molar-refractivity contribution in [1.29, 1.82) is 0 Å². The molecule has 3 rings (SSSR count). The van der Waals surface area contributed by atoms with E-state index in [9.17, 15) is 14.0 Å². The third-order valence-electron chi connectivity index (χ3n) is 4.20. The molecular formula is C19H18ClFN2O3. The maximum atomic E-state index is 13.4. The summed E-state index contributed by atoms with van der Waals surface area (Å²) in [5.74, 6) is -1.13. The number of hydrogen-bond donors (Lipinski definition) is 1. The fraction of sp³-hybridized carbons (Fsp3) is 0.263. The summed E-state index contributed by atoms with van der Waals surface area (Å²) in [7, 11) is 0. The van der Waals surface area contributed by atoms with Crippen molar-refractivity contribution in [3.63, 3.8) is 0 Å². The fourth-order valence-electron chi connectivity index (χ4n) is 2.61. The zero-order valence-electron chi connectivity index (χ0n) is 14.0. The minimum absolute atomic E-state index is 0.0374. The Morgan fingerprint density at radius 1 is 1.15 bits per heavy atom. The molecule has 1 N–H and O–H groups in total. The molecule has 1 aliphatic heterocycles. The Morgan fingerprint density at radius 3 is 2.58 bits per heavy atom. The van der Waals surface area contributed by atoms with Crippen LogP contribution in [0.1, 0.15) is 5.56 Å². The predicted octanol–water partition coefficient (Wildman–Crippen LogP) is 2.63. The zero-order chi connectivity index (χ0) is 18.5. The number of halogens is 2. The molecule has 0 spiro atoms. The average molecular weight is 377 g/mol. The molecule has 7 heteroatoms. The van der Waals surface area contributed by atoms with E-state index in [1.54, 1.807) is 18.2 Å². The van der Waals surface area contributed by atoms with Gasteiger partial charge in [0, 0.05) is 24.7 Å². The Labute approximate surface area is 155 Å². The summed E-state index contributed by atoms with van der Waals surface area (Å²) in [6.45, 7) is 0.746. The van der Waals surface area contributed by atoms with E-state index in [1.165, 1.54) is 17.0 Å². The summed E-state index contributed by atoms with van der Waals surface area (Å²) in [5, 5.41) is 3.42. The summed E-state index contributed by atoms with van der Waals surface area (Å²) < 4.78 is 18.6. The summed E-state index contributed by atoms with van der Waals surface area (Å²) in [4.78, 5) is 25.7. The number of benzene rings is 2. The zero-order valence-corrected chi connectivity index (χ0v) is 14.7. The molecule has 0 aliphatic carbocycles. The van der Waals surface area contributed by atoms with E-state index in [1.807, 2.05) is 18.2 Å². The number of hydrogen-bond acceptors (Lipinski definition) is 3. The van der Waals surface area contributed by atoms with E-state index >= 15 is 0 Å². The largest absolute Gasteiger partial charge is 0.481 e. The van der Waals surface area contributed by atoms with Crippen molar-refractivity contribution in [3.05, 3.63) is 64.9 Å². The predicted molar refractivity (Wildman–Crippen MR) is 95.3 cm³/mol. The second-order valence-corrected chi connectivity index (χ2v) is 6.43. The van der Waals surface area contributed by atoms with E-state index in [0.717, 1.165) is 5.56 Å². The van der Waals surface area contributed by atoms with Gasteiger partial charge in [0.2, 0.25) is 5.91 Å². The SMILES string of the molecule is O=C(NCc1ccccc1Cl)C1CN(C(=O)COc2ccccc2F)C1. The van der Waals surface area contributed by atoms with Crippen LogP contribution in [0.2, 0.25) is 5.02 Å². The molecule has 1 heterocycles. The third-order valence-corrected chi connectivity index (χ3v) is 4.57. The number of nitrogens with zero attached hydrogens (tertiary/aromatic N) is 1. The van der Waals surface area contributed by atoms with E-state index in [0.29, 0.717) is 24.7 Å². The average Bonchev–Trinajstić information content (AvgIpc) is 2.59. The molecule has 2 aromatic carbocycles. The van der Waals surface area contributed by atoms with Crippen LogP contribution in [0, 0.1) is 11.7 Å². The molecule has 2 aromatic rings. The lowest BCUT2D eigenvalue weighted by atomic mass is 9.99. The Hall–Kier alpha value is -2.60. The summed E-state index contributed by atoms with van der Waals surface area (Å²) in [6.07, 6.45) is 0. The molecule has 26 heavy (non-hydrogen) atoms. The van der Waals surface area contributed by atoms with Crippen molar-refractivity contribution in [3.8, 4) is 5.75 Å². The van der Waals surface area contributed by atoms with Crippen LogP contribution in [-0.4, -0.2) is 36.4 Å². The molecule has 0 aromatic heterocycles. The van der Waals surface area contributed by atoms with Crippen LogP contribution in [0.25, 0.3) is 0 Å². The number of amides is 2. The van der Waals surface area contributed by atoms with Crippen LogP contribution >= 0.6 is 11.6 Å². The van der Waals surface area contributed by atoms with Gasteiger partial charge in [-0.3, -0.25) is 9.59 Å². The first-order valence-corrected chi connectivity index (χ1v) is 8.58. The number of ether oxygens (including phenoxy) is 1. The second-order valence-electron chi connectivity index (χ2n) is 6.02. The highest BCUT2D eigenvalue weighted by atomic mass is 35.5. The summed E-state index contributed by atoms with van der Waals surface area (Å²) in [5.41, 5.74) is 0.841. The fourth-order valence-corrected chi connectivity index (χ4v) is 2.81. The third kappa shape index (κ3) is 4.32. The van der Waals surface area contributed by atoms with Crippen molar-refractivity contribution in [2.24, 2.45) is 5.92 Å². The second kappa shape index (κ2) is 8.19. The van der Waals surface area contributed by atoms with Crippen molar-refractivity contribution in [2.75, 3.05) is 19.7 Å². The number of carbonyl (C=O) groups excluding carboxylic acids is 2. The standard InChI is InChI=1S/C19H18ClFN2O3/c20-15-6-2-1-5-13(15)9-22-19(25)14-10-23(11-14)18(24)12-26-17-8-4-3-7-16(17)21/h1-8,14H,9-12H2,(H,22,25). The number of likely N-dealkylation sites (tertiary alicyclic amines) is 1. The molecule has 2 amide bonds. The van der Waals surface area contributed by atoms with Crippen LogP contribution in [0.15, 0.2) is 48.5 Å². The van der Waals surface area contributed by atoms with Crippen molar-refractivity contribution in [2.45, 2.75) is 6.54 Å². The molecule has 0 radical (unpaired) electrons. The molecule has 0 atom stereocenters. The van der Waals surface area contributed by atoms with Crippen LogP contribution in [0.4, 0.5) is 4.39 Å². The van der Waals surface area contributed by atoms with Crippen LogP contribution in [0.3, 0.4) is 0 Å². The normalized spacial score (nSPS) is 13.8. The van der Waals surface area contributed by atoms with Gasteiger partial charge in [0.15, 0.2) is 18.2 Å². The highest BCUT2D eigenvalue weighted by Crippen LogP contribution is 2.19. The van der Waals surface area contributed by atoms with E-state index < -0.39 is 5.82 Å².